The second-order valence-corrected chi connectivity index (χ2v) is 2.88. The summed E-state index contributed by atoms with van der Waals surface area (Å²) in [6.07, 6.45) is 0. The van der Waals surface area contributed by atoms with Crippen molar-refractivity contribution in [2.75, 3.05) is 6.73 Å². The van der Waals surface area contributed by atoms with Crippen LogP contribution in [0, 0.1) is 0 Å². The van der Waals surface area contributed by atoms with Crippen LogP contribution in [-0.4, -0.2) is 11.9 Å². The van der Waals surface area contributed by atoms with Gasteiger partial charge in [0.25, 0.3) is 5.88 Å². The van der Waals surface area contributed by atoms with Crippen LogP contribution in [0.1, 0.15) is 0 Å². The molecule has 1 heterocycles. The summed E-state index contributed by atoms with van der Waals surface area (Å²) in [5.74, 6) is 0.375. The largest absolute Gasteiger partial charge is 0.459 e. The number of halogens is 1. The Morgan fingerprint density at radius 1 is 1.54 bits per heavy atom. The van der Waals surface area contributed by atoms with E-state index in [9.17, 15) is 0 Å². The maximum atomic E-state index is 5.79. The van der Waals surface area contributed by atoms with Gasteiger partial charge in [-0.3, -0.25) is 5.73 Å². The molecular weight excluding hydrogens is 192 g/mol. The predicted molar refractivity (Wildman–Crippen MR) is 48.7 cm³/mol. The van der Waals surface area contributed by atoms with Crippen LogP contribution in [0.5, 0.6) is 5.88 Å². The highest BCUT2D eigenvalue weighted by molar-refractivity contribution is 6.31. The number of hydrogen-bond donors (Lipinski definition) is 1. The van der Waals surface area contributed by atoms with Gasteiger partial charge in [-0.2, -0.15) is 0 Å². The molecule has 0 bridgehead atoms. The number of rotatable bonds is 2. The first-order valence-electron chi connectivity index (χ1n) is 3.69. The van der Waals surface area contributed by atoms with Crippen molar-refractivity contribution in [3.8, 4) is 5.88 Å². The van der Waals surface area contributed by atoms with E-state index in [4.69, 9.17) is 26.6 Å². The summed E-state index contributed by atoms with van der Waals surface area (Å²) in [4.78, 5) is 0. The van der Waals surface area contributed by atoms with Crippen LogP contribution in [0.15, 0.2) is 22.7 Å². The molecule has 0 saturated carbocycles. The molecule has 0 amide bonds. The Morgan fingerprint density at radius 3 is 3.15 bits per heavy atom. The Morgan fingerprint density at radius 2 is 2.38 bits per heavy atom. The van der Waals surface area contributed by atoms with Gasteiger partial charge in [0.1, 0.15) is 6.73 Å². The number of benzene rings is 1. The number of aromatic nitrogens is 1. The minimum absolute atomic E-state index is 0.0636. The Labute approximate surface area is 79.2 Å². The summed E-state index contributed by atoms with van der Waals surface area (Å²) >= 11 is 5.79. The van der Waals surface area contributed by atoms with E-state index in [0.717, 1.165) is 5.39 Å². The van der Waals surface area contributed by atoms with Gasteiger partial charge in [0, 0.05) is 5.02 Å². The molecule has 2 aromatic rings. The average Bonchev–Trinajstić information content (AvgIpc) is 2.49. The number of fused-ring (bicyclic) bond motifs is 1. The molecule has 0 atom stereocenters. The number of ether oxygens (including phenoxy) is 1. The van der Waals surface area contributed by atoms with E-state index in [-0.39, 0.29) is 6.73 Å². The van der Waals surface area contributed by atoms with Crippen molar-refractivity contribution >= 4 is 22.6 Å². The minimum Gasteiger partial charge on any atom is -0.459 e. The molecule has 4 nitrogen and oxygen atoms in total. The Bertz CT molecular complexity index is 427. The molecule has 0 aliphatic carbocycles. The van der Waals surface area contributed by atoms with Gasteiger partial charge in [0.15, 0.2) is 5.58 Å². The van der Waals surface area contributed by atoms with Gasteiger partial charge in [-0.05, 0) is 23.4 Å². The number of nitrogens with zero attached hydrogens (tertiary/aromatic N) is 1. The topological polar surface area (TPSA) is 61.3 Å². The Kier molecular flexibility index (Phi) is 2.08. The molecule has 1 aromatic heterocycles. The zero-order valence-electron chi connectivity index (χ0n) is 6.66. The number of nitrogens with two attached hydrogens (primary N) is 1. The number of hydrogen-bond acceptors (Lipinski definition) is 4. The monoisotopic (exact) mass is 198 g/mol. The Hall–Kier alpha value is -1.26. The van der Waals surface area contributed by atoms with Gasteiger partial charge in [-0.1, -0.05) is 11.6 Å². The van der Waals surface area contributed by atoms with Gasteiger partial charge in [0.2, 0.25) is 0 Å². The van der Waals surface area contributed by atoms with Gasteiger partial charge < -0.3 is 9.26 Å². The molecule has 13 heavy (non-hydrogen) atoms. The third-order valence-corrected chi connectivity index (χ3v) is 1.85. The van der Waals surface area contributed by atoms with Crippen molar-refractivity contribution in [1.29, 1.82) is 0 Å². The van der Waals surface area contributed by atoms with Gasteiger partial charge >= 0.3 is 0 Å². The predicted octanol–water partition coefficient (Wildman–Crippen LogP) is 1.78. The lowest BCUT2D eigenvalue weighted by molar-refractivity contribution is 0.293. The highest BCUT2D eigenvalue weighted by atomic mass is 35.5. The standard InChI is InChI=1S/C8H7ClN2O2/c9-5-1-2-7-6(3-5)8(11-13-7)12-4-10/h1-3H,4,10H2. The van der Waals surface area contributed by atoms with E-state index in [0.29, 0.717) is 16.5 Å². The molecule has 0 aliphatic rings. The maximum absolute atomic E-state index is 5.79. The summed E-state index contributed by atoms with van der Waals surface area (Å²) < 4.78 is 10.00. The smallest absolute Gasteiger partial charge is 0.263 e. The summed E-state index contributed by atoms with van der Waals surface area (Å²) in [5.41, 5.74) is 5.84. The zero-order chi connectivity index (χ0) is 9.26. The van der Waals surface area contributed by atoms with Crippen LogP contribution in [-0.2, 0) is 0 Å². The normalized spacial score (nSPS) is 10.6. The van der Waals surface area contributed by atoms with Crippen molar-refractivity contribution in [3.63, 3.8) is 0 Å². The lowest BCUT2D eigenvalue weighted by Gasteiger charge is -1.95. The van der Waals surface area contributed by atoms with E-state index >= 15 is 0 Å². The van der Waals surface area contributed by atoms with Crippen LogP contribution in [0.4, 0.5) is 0 Å². The van der Waals surface area contributed by atoms with E-state index in [1.54, 1.807) is 18.2 Å². The summed E-state index contributed by atoms with van der Waals surface area (Å²) in [5, 5.41) is 5.03. The fraction of sp³-hybridized carbons (Fsp3) is 0.125. The molecular formula is C8H7ClN2O2. The third-order valence-electron chi connectivity index (χ3n) is 1.62. The minimum atomic E-state index is 0.0636. The van der Waals surface area contributed by atoms with Gasteiger partial charge in [-0.25, -0.2) is 0 Å². The summed E-state index contributed by atoms with van der Waals surface area (Å²) in [6, 6.07) is 5.17. The average molecular weight is 199 g/mol. The lowest BCUT2D eigenvalue weighted by atomic mass is 10.3. The van der Waals surface area contributed by atoms with Crippen molar-refractivity contribution < 1.29 is 9.26 Å². The first-order valence-corrected chi connectivity index (χ1v) is 4.07. The molecule has 0 fully saturated rings. The van der Waals surface area contributed by atoms with Crippen molar-refractivity contribution in [1.82, 2.24) is 5.16 Å². The first-order chi connectivity index (χ1) is 6.31. The van der Waals surface area contributed by atoms with E-state index in [2.05, 4.69) is 5.16 Å². The molecule has 0 unspecified atom stereocenters. The van der Waals surface area contributed by atoms with E-state index in [1.807, 2.05) is 0 Å². The molecule has 2 N–H and O–H groups in total. The van der Waals surface area contributed by atoms with Crippen molar-refractivity contribution in [3.05, 3.63) is 23.2 Å². The molecule has 0 aliphatic heterocycles. The van der Waals surface area contributed by atoms with Crippen LogP contribution in [0.2, 0.25) is 5.02 Å². The molecule has 68 valence electrons. The molecule has 1 aromatic carbocycles. The second kappa shape index (κ2) is 3.24. The van der Waals surface area contributed by atoms with Crippen LogP contribution in [0.25, 0.3) is 11.0 Å². The summed E-state index contributed by atoms with van der Waals surface area (Å²) in [7, 11) is 0. The zero-order valence-corrected chi connectivity index (χ0v) is 7.41. The van der Waals surface area contributed by atoms with E-state index < -0.39 is 0 Å². The maximum Gasteiger partial charge on any atom is 0.263 e. The van der Waals surface area contributed by atoms with Crippen molar-refractivity contribution in [2.45, 2.75) is 0 Å². The molecule has 5 heteroatoms. The fourth-order valence-corrected chi connectivity index (χ4v) is 1.24. The van der Waals surface area contributed by atoms with Crippen molar-refractivity contribution in [2.24, 2.45) is 5.73 Å². The highest BCUT2D eigenvalue weighted by Gasteiger charge is 2.08. The molecule has 0 spiro atoms. The Balaban J connectivity index is 2.58. The summed E-state index contributed by atoms with van der Waals surface area (Å²) in [6.45, 7) is 0.0636. The van der Waals surface area contributed by atoms with Gasteiger partial charge in [0.05, 0.1) is 5.39 Å². The SMILES string of the molecule is NCOc1noc2ccc(Cl)cc12. The van der Waals surface area contributed by atoms with Crippen LogP contribution in [0.3, 0.4) is 0 Å². The van der Waals surface area contributed by atoms with Gasteiger partial charge in [-0.15, -0.1) is 0 Å². The molecule has 0 radical (unpaired) electrons. The fourth-order valence-electron chi connectivity index (χ4n) is 1.07. The molecule has 2 rings (SSSR count). The van der Waals surface area contributed by atoms with Crippen LogP contribution >= 0.6 is 11.6 Å². The van der Waals surface area contributed by atoms with E-state index in [1.165, 1.54) is 0 Å². The lowest BCUT2D eigenvalue weighted by Crippen LogP contribution is -2.07. The molecule has 0 saturated heterocycles. The third kappa shape index (κ3) is 1.46. The quantitative estimate of drug-likeness (QED) is 0.748. The first kappa shape index (κ1) is 8.34. The second-order valence-electron chi connectivity index (χ2n) is 2.44. The highest BCUT2D eigenvalue weighted by Crippen LogP contribution is 2.27. The van der Waals surface area contributed by atoms with Crippen LogP contribution < -0.4 is 10.5 Å².